The highest BCUT2D eigenvalue weighted by Crippen LogP contribution is 2.22. The first-order valence-corrected chi connectivity index (χ1v) is 7.51. The third-order valence-electron chi connectivity index (χ3n) is 3.50. The number of carboxylic acid groups (broad SMARTS) is 1. The number of rotatable bonds is 6. The highest BCUT2D eigenvalue weighted by molar-refractivity contribution is 6.00. The zero-order chi connectivity index (χ0) is 17.6. The van der Waals surface area contributed by atoms with Crippen LogP contribution in [-0.2, 0) is 4.79 Å². The van der Waals surface area contributed by atoms with Gasteiger partial charge in [-0.3, -0.25) is 4.79 Å². The molecule has 0 atom stereocenters. The summed E-state index contributed by atoms with van der Waals surface area (Å²) in [5, 5.41) is 11.4. The molecule has 1 amide bonds. The Labute approximate surface area is 143 Å². The number of carbonyl (C=O) groups is 2. The second-order valence-corrected chi connectivity index (χ2v) is 5.23. The predicted octanol–water partition coefficient (Wildman–Crippen LogP) is 3.66. The molecule has 0 spiro atoms. The third kappa shape index (κ3) is 4.06. The molecule has 0 aliphatic carbocycles. The van der Waals surface area contributed by atoms with Crippen LogP contribution in [0.2, 0.25) is 0 Å². The lowest BCUT2D eigenvalue weighted by atomic mass is 10.1. The van der Waals surface area contributed by atoms with Crippen molar-refractivity contribution in [2.75, 3.05) is 11.9 Å². The Balaban J connectivity index is 1.57. The lowest BCUT2D eigenvalue weighted by molar-refractivity contribution is -0.118. The van der Waals surface area contributed by atoms with Gasteiger partial charge in [-0.05, 0) is 23.3 Å². The van der Waals surface area contributed by atoms with Gasteiger partial charge < -0.3 is 19.6 Å². The minimum Gasteiger partial charge on any atom is -0.484 e. The summed E-state index contributed by atoms with van der Waals surface area (Å²) in [4.78, 5) is 22.8. The van der Waals surface area contributed by atoms with Gasteiger partial charge in [-0.1, -0.05) is 42.5 Å². The molecule has 126 valence electrons. The van der Waals surface area contributed by atoms with Crippen LogP contribution in [0.3, 0.4) is 0 Å². The van der Waals surface area contributed by atoms with Crippen molar-refractivity contribution in [1.29, 1.82) is 0 Å². The Morgan fingerprint density at radius 1 is 0.960 bits per heavy atom. The number of aromatic carboxylic acids is 1. The van der Waals surface area contributed by atoms with Gasteiger partial charge in [0, 0.05) is 0 Å². The first-order valence-electron chi connectivity index (χ1n) is 7.51. The van der Waals surface area contributed by atoms with Crippen LogP contribution < -0.4 is 10.1 Å². The van der Waals surface area contributed by atoms with E-state index in [0.717, 1.165) is 23.7 Å². The highest BCUT2D eigenvalue weighted by atomic mass is 16.5. The Kier molecular flexibility index (Phi) is 4.80. The van der Waals surface area contributed by atoms with Gasteiger partial charge in [-0.25, -0.2) is 4.79 Å². The summed E-state index contributed by atoms with van der Waals surface area (Å²) in [6.07, 6.45) is 2.22. The number of anilines is 1. The average molecular weight is 337 g/mol. The molecule has 0 unspecified atom stereocenters. The Morgan fingerprint density at radius 2 is 1.64 bits per heavy atom. The minimum absolute atomic E-state index is 0.0977. The van der Waals surface area contributed by atoms with E-state index in [2.05, 4.69) is 5.32 Å². The van der Waals surface area contributed by atoms with E-state index >= 15 is 0 Å². The fourth-order valence-corrected chi connectivity index (χ4v) is 2.27. The van der Waals surface area contributed by atoms with E-state index in [9.17, 15) is 9.59 Å². The van der Waals surface area contributed by atoms with Gasteiger partial charge >= 0.3 is 5.97 Å². The molecular formula is C19H15NO5. The molecule has 0 aliphatic heterocycles. The van der Waals surface area contributed by atoms with Gasteiger partial charge in [-0.15, -0.1) is 0 Å². The number of hydrogen-bond acceptors (Lipinski definition) is 4. The number of carboxylic acids is 1. The summed E-state index contributed by atoms with van der Waals surface area (Å²) in [5.41, 5.74) is 2.12. The first kappa shape index (κ1) is 16.3. The van der Waals surface area contributed by atoms with E-state index in [-0.39, 0.29) is 17.9 Å². The van der Waals surface area contributed by atoms with Gasteiger partial charge in [0.15, 0.2) is 6.61 Å². The van der Waals surface area contributed by atoms with Crippen molar-refractivity contribution in [2.24, 2.45) is 0 Å². The lowest BCUT2D eigenvalue weighted by Gasteiger charge is -2.08. The monoisotopic (exact) mass is 337 g/mol. The van der Waals surface area contributed by atoms with Crippen LogP contribution in [0.4, 0.5) is 5.69 Å². The Morgan fingerprint density at radius 3 is 2.32 bits per heavy atom. The zero-order valence-electron chi connectivity index (χ0n) is 13.1. The summed E-state index contributed by atoms with van der Waals surface area (Å²) in [6.45, 7) is -0.241. The van der Waals surface area contributed by atoms with Crippen molar-refractivity contribution in [2.45, 2.75) is 0 Å². The minimum atomic E-state index is -1.18. The molecule has 1 aromatic heterocycles. The van der Waals surface area contributed by atoms with Crippen LogP contribution in [-0.4, -0.2) is 23.6 Å². The molecule has 25 heavy (non-hydrogen) atoms. The number of carbonyl (C=O) groups excluding carboxylic acids is 1. The second kappa shape index (κ2) is 7.35. The number of benzene rings is 2. The molecule has 6 nitrogen and oxygen atoms in total. The Hall–Kier alpha value is -3.54. The van der Waals surface area contributed by atoms with E-state index in [1.807, 2.05) is 42.5 Å². The quantitative estimate of drug-likeness (QED) is 0.716. The molecule has 6 heteroatoms. The van der Waals surface area contributed by atoms with Gasteiger partial charge in [0.2, 0.25) is 0 Å². The molecule has 0 saturated heterocycles. The first-order chi connectivity index (χ1) is 12.1. The normalized spacial score (nSPS) is 10.2. The van der Waals surface area contributed by atoms with Crippen LogP contribution >= 0.6 is 0 Å². The smallest absolute Gasteiger partial charge is 0.341 e. The van der Waals surface area contributed by atoms with Crippen molar-refractivity contribution < 1.29 is 23.8 Å². The summed E-state index contributed by atoms with van der Waals surface area (Å²) < 4.78 is 10.2. The number of ether oxygens (including phenoxy) is 1. The van der Waals surface area contributed by atoms with E-state index < -0.39 is 11.9 Å². The van der Waals surface area contributed by atoms with Gasteiger partial charge in [0.1, 0.15) is 23.8 Å². The second-order valence-electron chi connectivity index (χ2n) is 5.23. The van der Waals surface area contributed by atoms with Gasteiger partial charge in [0.25, 0.3) is 5.91 Å². The molecule has 0 saturated carbocycles. The highest BCUT2D eigenvalue weighted by Gasteiger charge is 2.15. The molecule has 0 radical (unpaired) electrons. The van der Waals surface area contributed by atoms with E-state index in [0.29, 0.717) is 5.75 Å². The molecule has 2 aromatic carbocycles. The van der Waals surface area contributed by atoms with Crippen LogP contribution in [0.1, 0.15) is 10.4 Å². The van der Waals surface area contributed by atoms with Crippen LogP contribution in [0.15, 0.2) is 71.5 Å². The molecule has 0 fully saturated rings. The standard InChI is InChI=1S/C19H15NO5/c21-18(20-17-11-24-10-16(17)19(22)23)12-25-15-8-6-14(7-9-15)13-4-2-1-3-5-13/h1-11H,12H2,(H,20,21)(H,22,23). The van der Waals surface area contributed by atoms with E-state index in [4.69, 9.17) is 14.3 Å². The lowest BCUT2D eigenvalue weighted by Crippen LogP contribution is -2.21. The van der Waals surface area contributed by atoms with Crippen LogP contribution in [0.25, 0.3) is 11.1 Å². The van der Waals surface area contributed by atoms with Crippen molar-refractivity contribution in [1.82, 2.24) is 0 Å². The number of furan rings is 1. The van der Waals surface area contributed by atoms with Crippen molar-refractivity contribution in [3.8, 4) is 16.9 Å². The van der Waals surface area contributed by atoms with Crippen LogP contribution in [0, 0.1) is 0 Å². The molecular weight excluding hydrogens is 322 g/mol. The predicted molar refractivity (Wildman–Crippen MR) is 91.7 cm³/mol. The van der Waals surface area contributed by atoms with Crippen molar-refractivity contribution >= 4 is 17.6 Å². The van der Waals surface area contributed by atoms with Gasteiger partial charge in [0.05, 0.1) is 5.69 Å². The van der Waals surface area contributed by atoms with Gasteiger partial charge in [-0.2, -0.15) is 0 Å². The SMILES string of the molecule is O=C(COc1ccc(-c2ccccc2)cc1)Nc1cocc1C(=O)O. The maximum absolute atomic E-state index is 11.9. The number of hydrogen-bond donors (Lipinski definition) is 2. The van der Waals surface area contributed by atoms with Crippen LogP contribution in [0.5, 0.6) is 5.75 Å². The topological polar surface area (TPSA) is 88.8 Å². The maximum atomic E-state index is 11.9. The fraction of sp³-hybridized carbons (Fsp3) is 0.0526. The number of nitrogens with one attached hydrogen (secondary N) is 1. The van der Waals surface area contributed by atoms with E-state index in [1.54, 1.807) is 12.1 Å². The zero-order valence-corrected chi connectivity index (χ0v) is 13.1. The van der Waals surface area contributed by atoms with E-state index in [1.165, 1.54) is 0 Å². The summed E-state index contributed by atoms with van der Waals surface area (Å²) in [7, 11) is 0. The summed E-state index contributed by atoms with van der Waals surface area (Å²) in [6, 6.07) is 17.3. The molecule has 1 heterocycles. The average Bonchev–Trinajstić information content (AvgIpc) is 3.09. The Bertz CT molecular complexity index is 868. The molecule has 0 bridgehead atoms. The molecule has 2 N–H and O–H groups in total. The van der Waals surface area contributed by atoms with Crippen molar-refractivity contribution in [3.05, 3.63) is 72.7 Å². The number of amides is 1. The summed E-state index contributed by atoms with van der Waals surface area (Å²) in [5.74, 6) is -1.11. The van der Waals surface area contributed by atoms with Crippen molar-refractivity contribution in [3.63, 3.8) is 0 Å². The fourth-order valence-electron chi connectivity index (χ4n) is 2.27. The molecule has 0 aliphatic rings. The third-order valence-corrected chi connectivity index (χ3v) is 3.50. The molecule has 3 rings (SSSR count). The summed E-state index contributed by atoms with van der Waals surface area (Å²) >= 11 is 0. The molecule has 3 aromatic rings. The maximum Gasteiger partial charge on any atom is 0.341 e. The largest absolute Gasteiger partial charge is 0.484 e.